The molecule has 0 radical (unpaired) electrons. The van der Waals surface area contributed by atoms with E-state index in [2.05, 4.69) is 58.3 Å². The van der Waals surface area contributed by atoms with Gasteiger partial charge in [-0.1, -0.05) is 37.3 Å². The number of anilines is 1. The maximum Gasteiger partial charge on any atom is 0.275 e. The van der Waals surface area contributed by atoms with Gasteiger partial charge in [-0.05, 0) is 37.0 Å². The number of likely N-dealkylation sites (N-methyl/N-ethyl adjacent to an activating group) is 1. The number of ether oxygens (including phenoxy) is 2. The molecule has 0 saturated carbocycles. The minimum Gasteiger partial charge on any atom is -0.491 e. The Morgan fingerprint density at radius 1 is 1.13 bits per heavy atom. The number of carbonyl (C=O) groups excluding carboxylic acids is 2. The van der Waals surface area contributed by atoms with E-state index in [1.807, 2.05) is 6.07 Å². The smallest absolute Gasteiger partial charge is 0.275 e. The Balaban J connectivity index is 1.59. The summed E-state index contributed by atoms with van der Waals surface area (Å²) in [6.07, 6.45) is 5.16. The monoisotopic (exact) mass is 531 g/mol. The van der Waals surface area contributed by atoms with Crippen LogP contribution in [-0.4, -0.2) is 84.1 Å². The first-order valence-corrected chi connectivity index (χ1v) is 13.3. The van der Waals surface area contributed by atoms with Crippen molar-refractivity contribution in [1.29, 1.82) is 0 Å². The fourth-order valence-corrected chi connectivity index (χ4v) is 4.77. The van der Waals surface area contributed by atoms with E-state index in [1.165, 1.54) is 24.2 Å². The van der Waals surface area contributed by atoms with Crippen LogP contribution in [0.1, 0.15) is 40.3 Å². The normalized spacial score (nSPS) is 20.8. The van der Waals surface area contributed by atoms with Gasteiger partial charge in [0.25, 0.3) is 11.8 Å². The van der Waals surface area contributed by atoms with Crippen molar-refractivity contribution >= 4 is 17.5 Å². The molecule has 206 valence electrons. The lowest BCUT2D eigenvalue weighted by Gasteiger charge is -2.36. The van der Waals surface area contributed by atoms with E-state index in [9.17, 15) is 9.59 Å². The third-order valence-corrected chi connectivity index (χ3v) is 7.16. The van der Waals surface area contributed by atoms with Crippen LogP contribution in [-0.2, 0) is 11.2 Å². The fourth-order valence-electron chi connectivity index (χ4n) is 4.77. The molecule has 2 heterocycles. The summed E-state index contributed by atoms with van der Waals surface area (Å²) in [5, 5.41) is 2.82. The summed E-state index contributed by atoms with van der Waals surface area (Å²) in [4.78, 5) is 38.2. The van der Waals surface area contributed by atoms with Crippen LogP contribution < -0.4 is 10.1 Å². The number of methoxy groups -OCH3 is 1. The highest BCUT2D eigenvalue weighted by molar-refractivity contribution is 6.03. The number of nitrogens with zero attached hydrogens (tertiary/aromatic N) is 4. The lowest BCUT2D eigenvalue weighted by molar-refractivity contribution is 0.0109. The average molecular weight is 532 g/mol. The summed E-state index contributed by atoms with van der Waals surface area (Å²) in [7, 11) is 3.47. The summed E-state index contributed by atoms with van der Waals surface area (Å²) >= 11 is 0. The van der Waals surface area contributed by atoms with E-state index < -0.39 is 5.91 Å². The molecule has 3 aromatic rings. The number of fused-ring (bicyclic) bond motifs is 1. The summed E-state index contributed by atoms with van der Waals surface area (Å²) in [5.74, 6) is 0.0551. The first kappa shape index (κ1) is 28.2. The van der Waals surface area contributed by atoms with Crippen molar-refractivity contribution < 1.29 is 19.1 Å². The number of amides is 2. The van der Waals surface area contributed by atoms with Crippen LogP contribution in [0.4, 0.5) is 5.69 Å². The molecule has 0 saturated heterocycles. The van der Waals surface area contributed by atoms with E-state index in [1.54, 1.807) is 37.3 Å². The molecule has 3 atom stereocenters. The fraction of sp³-hybridized carbons (Fsp3) is 0.400. The first-order chi connectivity index (χ1) is 18.9. The van der Waals surface area contributed by atoms with Crippen LogP contribution >= 0.6 is 0 Å². The lowest BCUT2D eigenvalue weighted by atomic mass is 10.0. The number of nitrogens with one attached hydrogen (secondary N) is 1. The van der Waals surface area contributed by atoms with Crippen LogP contribution in [0.5, 0.6) is 5.75 Å². The zero-order chi connectivity index (χ0) is 27.8. The Labute approximate surface area is 230 Å². The molecule has 1 aliphatic heterocycles. The highest BCUT2D eigenvalue weighted by Crippen LogP contribution is 2.27. The summed E-state index contributed by atoms with van der Waals surface area (Å²) in [6.45, 7) is 6.80. The molecule has 2 amide bonds. The number of hydrogen-bond acceptors (Lipinski definition) is 7. The largest absolute Gasteiger partial charge is 0.491 e. The zero-order valence-electron chi connectivity index (χ0n) is 23.0. The molecule has 0 unspecified atom stereocenters. The molecule has 4 rings (SSSR count). The second-order valence-electron chi connectivity index (χ2n) is 10.1. The Morgan fingerprint density at radius 2 is 1.92 bits per heavy atom. The van der Waals surface area contributed by atoms with Gasteiger partial charge in [0.1, 0.15) is 18.1 Å². The van der Waals surface area contributed by atoms with Gasteiger partial charge in [-0.2, -0.15) is 0 Å². The van der Waals surface area contributed by atoms with E-state index in [-0.39, 0.29) is 29.7 Å². The molecule has 2 aromatic carbocycles. The molecular formula is C30H37N5O4. The third-order valence-electron chi connectivity index (χ3n) is 7.16. The SMILES string of the molecule is CO[C@H]1CN(C)C(=O)c2ccc(NC(=O)c3cnccn3)cc2OC[C@H](C)N(CCc2ccccc2)C[C@H]1C. The van der Waals surface area contributed by atoms with Gasteiger partial charge in [-0.25, -0.2) is 4.98 Å². The van der Waals surface area contributed by atoms with Gasteiger partial charge in [0.15, 0.2) is 0 Å². The van der Waals surface area contributed by atoms with Crippen LogP contribution in [0.15, 0.2) is 67.1 Å². The molecule has 9 nitrogen and oxygen atoms in total. The molecule has 0 spiro atoms. The van der Waals surface area contributed by atoms with Crippen LogP contribution in [0.3, 0.4) is 0 Å². The van der Waals surface area contributed by atoms with Crippen molar-refractivity contribution in [2.45, 2.75) is 32.4 Å². The summed E-state index contributed by atoms with van der Waals surface area (Å²) in [6, 6.07) is 15.6. The second kappa shape index (κ2) is 13.3. The van der Waals surface area contributed by atoms with E-state index >= 15 is 0 Å². The molecule has 0 bridgehead atoms. The lowest BCUT2D eigenvalue weighted by Crippen LogP contribution is -2.47. The van der Waals surface area contributed by atoms with Crippen molar-refractivity contribution in [3.05, 3.63) is 83.9 Å². The average Bonchev–Trinajstić information content (AvgIpc) is 2.96. The predicted octanol–water partition coefficient (Wildman–Crippen LogP) is 3.78. The maximum absolute atomic E-state index is 13.5. The molecule has 1 aliphatic rings. The highest BCUT2D eigenvalue weighted by Gasteiger charge is 2.28. The molecule has 9 heteroatoms. The van der Waals surface area contributed by atoms with Crippen molar-refractivity contribution in [2.24, 2.45) is 5.92 Å². The quantitative estimate of drug-likeness (QED) is 0.517. The first-order valence-electron chi connectivity index (χ1n) is 13.3. The van der Waals surface area contributed by atoms with E-state index in [0.29, 0.717) is 30.2 Å². The number of aromatic nitrogens is 2. The third kappa shape index (κ3) is 7.40. The van der Waals surface area contributed by atoms with Crippen molar-refractivity contribution in [1.82, 2.24) is 19.8 Å². The minimum atomic E-state index is -0.392. The topological polar surface area (TPSA) is 96.9 Å². The van der Waals surface area contributed by atoms with Crippen molar-refractivity contribution in [3.63, 3.8) is 0 Å². The standard InChI is InChI=1S/C30H37N5O4/c1-21-18-35(15-12-23-8-6-5-7-9-23)22(2)20-39-27-16-24(33-29(36)26-17-31-13-14-32-26)10-11-25(27)30(37)34(3)19-28(21)38-4/h5-11,13-14,16-17,21-22,28H,12,15,18-20H2,1-4H3,(H,33,36)/t21-,22+,28+/m1/s1. The van der Waals surface area contributed by atoms with E-state index in [0.717, 1.165) is 19.5 Å². The van der Waals surface area contributed by atoms with Gasteiger partial charge >= 0.3 is 0 Å². The van der Waals surface area contributed by atoms with Crippen molar-refractivity contribution in [3.8, 4) is 5.75 Å². The molecule has 0 fully saturated rings. The Kier molecular flexibility index (Phi) is 9.62. The molecule has 39 heavy (non-hydrogen) atoms. The molecular weight excluding hydrogens is 494 g/mol. The number of carbonyl (C=O) groups is 2. The highest BCUT2D eigenvalue weighted by atomic mass is 16.5. The van der Waals surface area contributed by atoms with Crippen LogP contribution in [0.25, 0.3) is 0 Å². The minimum absolute atomic E-state index is 0.0756. The van der Waals surface area contributed by atoms with Gasteiger partial charge in [0, 0.05) is 64.0 Å². The Morgan fingerprint density at radius 3 is 2.64 bits per heavy atom. The number of hydrogen-bond donors (Lipinski definition) is 1. The van der Waals surface area contributed by atoms with Crippen molar-refractivity contribution in [2.75, 3.05) is 45.7 Å². The van der Waals surface area contributed by atoms with Gasteiger partial charge < -0.3 is 19.7 Å². The Bertz CT molecular complexity index is 1240. The van der Waals surface area contributed by atoms with E-state index in [4.69, 9.17) is 9.47 Å². The predicted molar refractivity (Wildman–Crippen MR) is 150 cm³/mol. The van der Waals surface area contributed by atoms with Gasteiger partial charge in [0.2, 0.25) is 0 Å². The molecule has 0 aliphatic carbocycles. The zero-order valence-corrected chi connectivity index (χ0v) is 23.0. The molecule has 1 N–H and O–H groups in total. The van der Waals surface area contributed by atoms with Gasteiger partial charge in [-0.15, -0.1) is 0 Å². The maximum atomic E-state index is 13.5. The summed E-state index contributed by atoms with van der Waals surface area (Å²) in [5.41, 5.74) is 2.42. The van der Waals surface area contributed by atoms with Gasteiger partial charge in [-0.3, -0.25) is 19.5 Å². The second-order valence-corrected chi connectivity index (χ2v) is 10.1. The number of rotatable bonds is 6. The molecule has 1 aromatic heterocycles. The van der Waals surface area contributed by atoms with Crippen LogP contribution in [0, 0.1) is 5.92 Å². The van der Waals surface area contributed by atoms with Gasteiger partial charge in [0.05, 0.1) is 17.9 Å². The summed E-state index contributed by atoms with van der Waals surface area (Å²) < 4.78 is 12.1. The van der Waals surface area contributed by atoms with Crippen LogP contribution in [0.2, 0.25) is 0 Å². The Hall–Kier alpha value is -3.82. The number of benzene rings is 2.